The molecule has 0 saturated carbocycles. The molecule has 184 valence electrons. The number of nitrogens with zero attached hydrogens (tertiary/aromatic N) is 3. The smallest absolute Gasteiger partial charge is 0.436 e. The van der Waals surface area contributed by atoms with E-state index >= 15 is 0 Å². The molecule has 1 N–H and O–H groups in total. The molecule has 0 aromatic heterocycles. The van der Waals surface area contributed by atoms with Crippen LogP contribution in [-0.4, -0.2) is 45.4 Å². The van der Waals surface area contributed by atoms with Gasteiger partial charge in [-0.05, 0) is 57.6 Å². The molecule has 0 aliphatic carbocycles. The summed E-state index contributed by atoms with van der Waals surface area (Å²) in [5, 5.41) is 4.89. The standard InChI is InChI=1S/C24H25ClN4O5S/c1-14(2)33-22(31)28-21(35)26-24(29(28)23(32)34-15(3)4)18-11-10-17(25)12-19(18)27(20(24)30)13-16-8-6-5-7-9-16/h5-12,14-15H,13H2,1-4H3,(H,26,35). The third kappa shape index (κ3) is 4.28. The Morgan fingerprint density at radius 1 is 1.03 bits per heavy atom. The summed E-state index contributed by atoms with van der Waals surface area (Å²) < 4.78 is 10.8. The van der Waals surface area contributed by atoms with E-state index in [0.717, 1.165) is 15.6 Å². The lowest BCUT2D eigenvalue weighted by molar-refractivity contribution is -0.134. The number of hydrogen-bond acceptors (Lipinski definition) is 6. The molecule has 2 aromatic carbocycles. The van der Waals surface area contributed by atoms with Crippen molar-refractivity contribution in [2.24, 2.45) is 0 Å². The summed E-state index contributed by atoms with van der Waals surface area (Å²) in [5.41, 5.74) is -0.140. The average molecular weight is 517 g/mol. The molecule has 9 nitrogen and oxygen atoms in total. The number of thiocarbonyl (C=S) groups is 1. The highest BCUT2D eigenvalue weighted by molar-refractivity contribution is 7.80. The number of anilines is 1. The lowest BCUT2D eigenvalue weighted by atomic mass is 10.0. The van der Waals surface area contributed by atoms with Gasteiger partial charge in [0, 0.05) is 10.6 Å². The number of fused-ring (bicyclic) bond motifs is 2. The molecule has 4 rings (SSSR count). The van der Waals surface area contributed by atoms with Gasteiger partial charge >= 0.3 is 12.2 Å². The number of carbonyl (C=O) groups excluding carboxylic acids is 3. The fourth-order valence-electron chi connectivity index (χ4n) is 4.09. The van der Waals surface area contributed by atoms with Crippen LogP contribution in [0.4, 0.5) is 15.3 Å². The molecule has 3 amide bonds. The second-order valence-corrected chi connectivity index (χ2v) is 9.49. The highest BCUT2D eigenvalue weighted by atomic mass is 35.5. The third-order valence-corrected chi connectivity index (χ3v) is 5.91. The number of hydrazine groups is 1. The van der Waals surface area contributed by atoms with Crippen LogP contribution in [0.15, 0.2) is 48.5 Å². The zero-order valence-electron chi connectivity index (χ0n) is 19.6. The summed E-state index contributed by atoms with van der Waals surface area (Å²) in [6, 6.07) is 14.2. The van der Waals surface area contributed by atoms with Gasteiger partial charge in [0.25, 0.3) is 5.91 Å². The Kier molecular flexibility index (Phi) is 6.61. The van der Waals surface area contributed by atoms with Crippen LogP contribution in [0, 0.1) is 0 Å². The van der Waals surface area contributed by atoms with Gasteiger partial charge < -0.3 is 19.7 Å². The van der Waals surface area contributed by atoms with E-state index in [9.17, 15) is 14.4 Å². The molecule has 0 radical (unpaired) electrons. The third-order valence-electron chi connectivity index (χ3n) is 5.40. The molecule has 1 spiro atoms. The SMILES string of the molecule is CC(C)OC(=O)N1C(=S)NC2(C(=O)N(Cc3ccccc3)c3cc(Cl)ccc32)N1C(=O)OC(C)C. The maximum absolute atomic E-state index is 14.2. The normalized spacial score (nSPS) is 19.0. The predicted molar refractivity (Wildman–Crippen MR) is 133 cm³/mol. The Labute approximate surface area is 213 Å². The number of amides is 3. The van der Waals surface area contributed by atoms with Crippen molar-refractivity contribution in [3.05, 3.63) is 64.7 Å². The average Bonchev–Trinajstić information content (AvgIpc) is 3.20. The molecular weight excluding hydrogens is 492 g/mol. The fraction of sp³-hybridized carbons (Fsp3) is 0.333. The fourth-order valence-corrected chi connectivity index (χ4v) is 4.56. The highest BCUT2D eigenvalue weighted by Crippen LogP contribution is 2.47. The second kappa shape index (κ2) is 9.35. The van der Waals surface area contributed by atoms with E-state index in [-0.39, 0.29) is 11.7 Å². The van der Waals surface area contributed by atoms with Crippen LogP contribution < -0.4 is 10.2 Å². The van der Waals surface area contributed by atoms with Crippen molar-refractivity contribution < 1.29 is 23.9 Å². The van der Waals surface area contributed by atoms with Crippen molar-refractivity contribution in [2.75, 3.05) is 4.90 Å². The molecule has 1 unspecified atom stereocenters. The van der Waals surface area contributed by atoms with Crippen LogP contribution >= 0.6 is 23.8 Å². The number of carbonyl (C=O) groups is 3. The van der Waals surface area contributed by atoms with Gasteiger partial charge in [-0.1, -0.05) is 48.0 Å². The first-order valence-corrected chi connectivity index (χ1v) is 11.8. The van der Waals surface area contributed by atoms with E-state index in [1.165, 1.54) is 4.90 Å². The zero-order chi connectivity index (χ0) is 25.5. The Morgan fingerprint density at radius 3 is 2.29 bits per heavy atom. The lowest BCUT2D eigenvalue weighted by Crippen LogP contribution is -2.60. The molecule has 11 heteroatoms. The summed E-state index contributed by atoms with van der Waals surface area (Å²) in [7, 11) is 0. The molecule has 35 heavy (non-hydrogen) atoms. The van der Waals surface area contributed by atoms with Gasteiger partial charge in [0.1, 0.15) is 0 Å². The largest absolute Gasteiger partial charge is 0.445 e. The van der Waals surface area contributed by atoms with E-state index in [4.69, 9.17) is 33.3 Å². The highest BCUT2D eigenvalue weighted by Gasteiger charge is 2.65. The maximum atomic E-state index is 14.2. The monoisotopic (exact) mass is 516 g/mol. The van der Waals surface area contributed by atoms with Crippen molar-refractivity contribution >= 4 is 52.7 Å². The molecular formula is C24H25ClN4O5S. The Hall–Kier alpha value is -3.37. The molecule has 1 atom stereocenters. The number of nitrogens with one attached hydrogen (secondary N) is 1. The van der Waals surface area contributed by atoms with E-state index in [1.807, 2.05) is 30.3 Å². The molecule has 2 aromatic rings. The van der Waals surface area contributed by atoms with Crippen molar-refractivity contribution in [1.82, 2.24) is 15.3 Å². The first-order valence-electron chi connectivity index (χ1n) is 11.1. The van der Waals surface area contributed by atoms with E-state index < -0.39 is 36.0 Å². The first kappa shape index (κ1) is 24.7. The van der Waals surface area contributed by atoms with Crippen molar-refractivity contribution in [3.63, 3.8) is 0 Å². The lowest BCUT2D eigenvalue weighted by Gasteiger charge is -2.34. The van der Waals surface area contributed by atoms with Crippen LogP contribution in [0.25, 0.3) is 0 Å². The summed E-state index contributed by atoms with van der Waals surface area (Å²) in [6.07, 6.45) is -2.88. The van der Waals surface area contributed by atoms with Gasteiger partial charge in [-0.3, -0.25) is 4.79 Å². The van der Waals surface area contributed by atoms with Crippen molar-refractivity contribution in [2.45, 2.75) is 52.1 Å². The van der Waals surface area contributed by atoms with Crippen LogP contribution in [-0.2, 0) is 26.5 Å². The van der Waals surface area contributed by atoms with Gasteiger partial charge in [-0.25, -0.2) is 9.59 Å². The summed E-state index contributed by atoms with van der Waals surface area (Å²) in [6.45, 7) is 6.85. The van der Waals surface area contributed by atoms with Gasteiger partial charge in [0.15, 0.2) is 0 Å². The molecule has 0 bridgehead atoms. The van der Waals surface area contributed by atoms with Gasteiger partial charge in [0.2, 0.25) is 10.8 Å². The Morgan fingerprint density at radius 2 is 1.66 bits per heavy atom. The van der Waals surface area contributed by atoms with Gasteiger partial charge in [0.05, 0.1) is 24.4 Å². The molecule has 1 fully saturated rings. The number of hydrogen-bond donors (Lipinski definition) is 1. The Balaban J connectivity index is 1.88. The number of halogens is 1. The minimum atomic E-state index is -1.87. The molecule has 2 aliphatic heterocycles. The number of rotatable bonds is 4. The minimum Gasteiger partial charge on any atom is -0.445 e. The number of ether oxygens (including phenoxy) is 2. The van der Waals surface area contributed by atoms with Crippen LogP contribution in [0.2, 0.25) is 5.02 Å². The van der Waals surface area contributed by atoms with Crippen LogP contribution in [0.5, 0.6) is 0 Å². The predicted octanol–water partition coefficient (Wildman–Crippen LogP) is 4.54. The van der Waals surface area contributed by atoms with Crippen molar-refractivity contribution in [3.8, 4) is 0 Å². The summed E-state index contributed by atoms with van der Waals surface area (Å²) in [4.78, 5) is 42.1. The second-order valence-electron chi connectivity index (χ2n) is 8.67. The summed E-state index contributed by atoms with van der Waals surface area (Å²) in [5.74, 6) is -0.526. The number of benzene rings is 2. The van der Waals surface area contributed by atoms with Crippen LogP contribution in [0.3, 0.4) is 0 Å². The minimum absolute atomic E-state index is 0.174. The topological polar surface area (TPSA) is 91.4 Å². The van der Waals surface area contributed by atoms with Gasteiger partial charge in [-0.2, -0.15) is 10.0 Å². The van der Waals surface area contributed by atoms with Crippen LogP contribution in [0.1, 0.15) is 38.8 Å². The van der Waals surface area contributed by atoms with E-state index in [0.29, 0.717) is 16.3 Å². The zero-order valence-corrected chi connectivity index (χ0v) is 21.2. The molecule has 2 heterocycles. The van der Waals surface area contributed by atoms with Crippen molar-refractivity contribution in [1.29, 1.82) is 0 Å². The summed E-state index contributed by atoms with van der Waals surface area (Å²) >= 11 is 11.7. The van der Waals surface area contributed by atoms with Gasteiger partial charge in [-0.15, -0.1) is 0 Å². The molecule has 1 saturated heterocycles. The van der Waals surface area contributed by atoms with E-state index in [2.05, 4.69) is 5.32 Å². The Bertz CT molecular complexity index is 1190. The maximum Gasteiger partial charge on any atom is 0.436 e. The molecule has 2 aliphatic rings. The van der Waals surface area contributed by atoms with E-state index in [1.54, 1.807) is 45.9 Å². The quantitative estimate of drug-likeness (QED) is 0.596. The first-order chi connectivity index (χ1) is 16.6.